The second-order valence-corrected chi connectivity index (χ2v) is 9.57. The number of nitrogens with zero attached hydrogens (tertiary/aromatic N) is 2. The molecule has 0 aromatic heterocycles. The van der Waals surface area contributed by atoms with E-state index >= 15 is 0 Å². The minimum absolute atomic E-state index is 0.0300. The number of carboxylic acid groups (broad SMARTS) is 1. The Hall–Kier alpha value is -4.21. The van der Waals surface area contributed by atoms with Gasteiger partial charge in [0.15, 0.2) is 11.5 Å². The largest absolute Gasteiger partial charge is 0.547 e. The van der Waals surface area contributed by atoms with Crippen molar-refractivity contribution in [3.63, 3.8) is 0 Å². The summed E-state index contributed by atoms with van der Waals surface area (Å²) in [5.74, 6) is -5.35. The Kier molecular flexibility index (Phi) is 8.28. The van der Waals surface area contributed by atoms with Crippen molar-refractivity contribution in [1.29, 1.82) is 0 Å². The molecule has 2 aromatic carbocycles. The highest BCUT2D eigenvalue weighted by molar-refractivity contribution is 6.47. The van der Waals surface area contributed by atoms with E-state index in [0.29, 0.717) is 12.1 Å². The van der Waals surface area contributed by atoms with E-state index in [2.05, 4.69) is 10.6 Å². The molecule has 2 heterocycles. The first-order chi connectivity index (χ1) is 18.9. The number of aromatic carboxylic acids is 1. The van der Waals surface area contributed by atoms with E-state index in [-0.39, 0.29) is 41.4 Å². The van der Waals surface area contributed by atoms with Gasteiger partial charge in [-0.1, -0.05) is 23.7 Å². The number of halogens is 1. The summed E-state index contributed by atoms with van der Waals surface area (Å²) in [6.07, 6.45) is -1.83. The number of aliphatic hydroxyl groups excluding tert-OH is 1. The predicted molar refractivity (Wildman–Crippen MR) is 139 cm³/mol. The molecule has 16 heteroatoms. The van der Waals surface area contributed by atoms with Crippen molar-refractivity contribution in [1.82, 2.24) is 20.4 Å². The number of fused-ring (bicyclic) bond motifs is 1. The molecule has 2 aromatic rings. The molecule has 0 saturated carbocycles. The monoisotopic (exact) mass is 576 g/mol. The molecule has 0 bridgehead atoms. The Bertz CT molecular complexity index is 1340. The molecule has 212 valence electrons. The van der Waals surface area contributed by atoms with Crippen molar-refractivity contribution < 1.29 is 49.3 Å². The molecular weight excluding hydrogens is 551 g/mol. The first-order valence-corrected chi connectivity index (χ1v) is 12.6. The van der Waals surface area contributed by atoms with Gasteiger partial charge in [0.2, 0.25) is 12.1 Å². The van der Waals surface area contributed by atoms with Crippen LogP contribution in [-0.2, 0) is 16.0 Å². The number of rotatable bonds is 6. The number of likely N-dealkylation sites (N-methyl/N-ethyl adjacent to an activating group) is 1. The molecule has 1 saturated heterocycles. The first-order valence-electron chi connectivity index (χ1n) is 12.2. The number of nitrogens with one attached hydrogen (secondary N) is 2. The minimum Gasteiger partial charge on any atom is -0.534 e. The lowest BCUT2D eigenvalue weighted by atomic mass is 9.72. The Balaban J connectivity index is 1.60. The second-order valence-electron chi connectivity index (χ2n) is 9.16. The van der Waals surface area contributed by atoms with Crippen molar-refractivity contribution in [2.45, 2.75) is 31.6 Å². The van der Waals surface area contributed by atoms with Gasteiger partial charge in [-0.15, -0.1) is 0 Å². The van der Waals surface area contributed by atoms with Gasteiger partial charge in [0, 0.05) is 19.6 Å². The number of para-hydroxylation sites is 1. The first kappa shape index (κ1) is 28.8. The highest BCUT2D eigenvalue weighted by Crippen LogP contribution is 2.36. The SMILES string of the molecule is CCN1CCN(C(=O)NC(C(=O)N[C@H]2Cc3cccc(C(=O)O)c3OB2O)c2cc(O)c(O)c(Cl)c2)C(O)C1=O. The lowest BCUT2D eigenvalue weighted by Crippen LogP contribution is -2.61. The van der Waals surface area contributed by atoms with Crippen LogP contribution in [0.4, 0.5) is 4.79 Å². The zero-order valence-corrected chi connectivity index (χ0v) is 21.8. The smallest absolute Gasteiger partial charge is 0.534 e. The van der Waals surface area contributed by atoms with Gasteiger partial charge in [-0.25, -0.2) is 9.59 Å². The number of aromatic hydroxyl groups is 2. The summed E-state index contributed by atoms with van der Waals surface area (Å²) in [6.45, 7) is 2.14. The molecule has 1 fully saturated rings. The normalized spacial score (nSPS) is 19.4. The lowest BCUT2D eigenvalue weighted by Gasteiger charge is -2.38. The van der Waals surface area contributed by atoms with Gasteiger partial charge in [-0.05, 0) is 42.7 Å². The summed E-state index contributed by atoms with van der Waals surface area (Å²) < 4.78 is 5.40. The average molecular weight is 577 g/mol. The van der Waals surface area contributed by atoms with Gasteiger partial charge in [0.25, 0.3) is 5.91 Å². The van der Waals surface area contributed by atoms with Crippen LogP contribution in [0.1, 0.15) is 34.5 Å². The maximum Gasteiger partial charge on any atom is 0.547 e. The zero-order chi connectivity index (χ0) is 29.3. The number of carbonyl (C=O) groups is 4. The number of hydrogen-bond acceptors (Lipinski definition) is 9. The highest BCUT2D eigenvalue weighted by atomic mass is 35.5. The van der Waals surface area contributed by atoms with Gasteiger partial charge in [-0.3, -0.25) is 14.5 Å². The molecule has 0 spiro atoms. The molecule has 2 aliphatic rings. The Morgan fingerprint density at radius 3 is 2.60 bits per heavy atom. The van der Waals surface area contributed by atoms with Crippen molar-refractivity contribution in [2.24, 2.45) is 0 Å². The molecule has 40 heavy (non-hydrogen) atoms. The van der Waals surface area contributed by atoms with Crippen LogP contribution >= 0.6 is 11.6 Å². The van der Waals surface area contributed by atoms with Crippen LogP contribution in [-0.4, -0.2) is 98.0 Å². The average Bonchev–Trinajstić information content (AvgIpc) is 2.91. The number of amides is 4. The second kappa shape index (κ2) is 11.5. The van der Waals surface area contributed by atoms with Crippen molar-refractivity contribution in [3.8, 4) is 17.2 Å². The Labute approximate surface area is 232 Å². The number of urea groups is 1. The van der Waals surface area contributed by atoms with Crippen LogP contribution in [0, 0.1) is 0 Å². The predicted octanol–water partition coefficient (Wildman–Crippen LogP) is -0.178. The molecule has 7 N–H and O–H groups in total. The van der Waals surface area contributed by atoms with Crippen LogP contribution < -0.4 is 15.3 Å². The van der Waals surface area contributed by atoms with E-state index < -0.39 is 60.6 Å². The maximum atomic E-state index is 13.5. The summed E-state index contributed by atoms with van der Waals surface area (Å²) in [5, 5.41) is 54.9. The van der Waals surface area contributed by atoms with Crippen LogP contribution in [0.3, 0.4) is 0 Å². The number of aliphatic hydroxyl groups is 1. The topological polar surface area (TPSA) is 209 Å². The Morgan fingerprint density at radius 2 is 1.95 bits per heavy atom. The van der Waals surface area contributed by atoms with E-state index in [4.69, 9.17) is 16.3 Å². The summed E-state index contributed by atoms with van der Waals surface area (Å²) in [5.41, 5.74) is 0.160. The fourth-order valence-corrected chi connectivity index (χ4v) is 4.77. The van der Waals surface area contributed by atoms with Gasteiger partial charge in [0.1, 0.15) is 11.8 Å². The van der Waals surface area contributed by atoms with Gasteiger partial charge in [-0.2, -0.15) is 0 Å². The highest BCUT2D eigenvalue weighted by Gasteiger charge is 2.41. The number of phenolic OH excluding ortho intramolecular Hbond substituents is 2. The summed E-state index contributed by atoms with van der Waals surface area (Å²) in [6, 6.07) is 3.89. The van der Waals surface area contributed by atoms with E-state index in [9.17, 15) is 44.6 Å². The molecule has 4 amide bonds. The summed E-state index contributed by atoms with van der Waals surface area (Å²) in [4.78, 5) is 52.7. The molecule has 2 unspecified atom stereocenters. The van der Waals surface area contributed by atoms with Crippen LogP contribution in [0.5, 0.6) is 17.2 Å². The number of benzene rings is 2. The minimum atomic E-state index is -1.80. The summed E-state index contributed by atoms with van der Waals surface area (Å²) in [7, 11) is -1.66. The number of piperazine rings is 1. The third-order valence-corrected chi connectivity index (χ3v) is 6.98. The lowest BCUT2D eigenvalue weighted by molar-refractivity contribution is -0.153. The van der Waals surface area contributed by atoms with Gasteiger partial charge in [0.05, 0.1) is 16.5 Å². The number of carboxylic acids is 1. The molecule has 4 rings (SSSR count). The van der Waals surface area contributed by atoms with Crippen LogP contribution in [0.25, 0.3) is 0 Å². The zero-order valence-electron chi connectivity index (χ0n) is 21.1. The third-order valence-electron chi connectivity index (χ3n) is 6.69. The molecule has 3 atom stereocenters. The standard InChI is InChI=1S/C24H26BClN4O10/c1-2-29-6-7-30(22(35)21(29)34)24(38)28-17(12-8-14(26)18(32)15(31)9-12)20(33)27-16-10-11-4-3-5-13(23(36)37)19(11)40-25(16)39/h3-5,8-9,16-17,22,31-32,35,39H,2,6-7,10H2,1H3,(H,27,33)(H,28,38)(H,36,37)/t16-,17?,22?/m0/s1. The molecule has 0 radical (unpaired) electrons. The fraction of sp³-hybridized carbons (Fsp3) is 0.333. The molecule has 0 aliphatic carbocycles. The van der Waals surface area contributed by atoms with E-state index in [1.54, 1.807) is 13.0 Å². The summed E-state index contributed by atoms with van der Waals surface area (Å²) >= 11 is 5.98. The molecular formula is C24H26BClN4O10. The fourth-order valence-electron chi connectivity index (χ4n) is 4.54. The van der Waals surface area contributed by atoms with Gasteiger partial charge >= 0.3 is 19.1 Å². The van der Waals surface area contributed by atoms with Crippen molar-refractivity contribution in [3.05, 3.63) is 52.0 Å². The third kappa shape index (κ3) is 5.57. The van der Waals surface area contributed by atoms with Crippen LogP contribution in [0.2, 0.25) is 5.02 Å². The Morgan fingerprint density at radius 1 is 1.23 bits per heavy atom. The van der Waals surface area contributed by atoms with Crippen molar-refractivity contribution in [2.75, 3.05) is 19.6 Å². The van der Waals surface area contributed by atoms with E-state index in [1.165, 1.54) is 17.0 Å². The van der Waals surface area contributed by atoms with E-state index in [1.807, 2.05) is 0 Å². The number of carbonyl (C=O) groups excluding carboxylic acids is 3. The quantitative estimate of drug-likeness (QED) is 0.178. The van der Waals surface area contributed by atoms with Crippen molar-refractivity contribution >= 4 is 42.5 Å². The van der Waals surface area contributed by atoms with Crippen LogP contribution in [0.15, 0.2) is 30.3 Å². The number of phenols is 2. The molecule has 2 aliphatic heterocycles. The van der Waals surface area contributed by atoms with E-state index in [0.717, 1.165) is 17.0 Å². The maximum absolute atomic E-state index is 13.5. The van der Waals surface area contributed by atoms with Gasteiger partial charge < -0.3 is 45.6 Å². The number of hydrogen-bond donors (Lipinski definition) is 7. The molecule has 14 nitrogen and oxygen atoms in total.